The second-order valence-electron chi connectivity index (χ2n) is 5.31. The summed E-state index contributed by atoms with van der Waals surface area (Å²) in [6, 6.07) is 4.69. The van der Waals surface area contributed by atoms with E-state index in [-0.39, 0.29) is 11.3 Å². The van der Waals surface area contributed by atoms with E-state index in [0.717, 1.165) is 0 Å². The highest BCUT2D eigenvalue weighted by atomic mass is 16.6. The number of nitrogens with zero attached hydrogens (tertiary/aromatic N) is 1. The fourth-order valence-corrected chi connectivity index (χ4v) is 2.36. The summed E-state index contributed by atoms with van der Waals surface area (Å²) >= 11 is 0. The van der Waals surface area contributed by atoms with Crippen molar-refractivity contribution in [2.24, 2.45) is 0 Å². The van der Waals surface area contributed by atoms with Gasteiger partial charge in [0.2, 0.25) is 0 Å². The topological polar surface area (TPSA) is 93.5 Å². The maximum absolute atomic E-state index is 12.4. The molecule has 0 bridgehead atoms. The summed E-state index contributed by atoms with van der Waals surface area (Å²) in [5.74, 6) is -0.450. The number of hydrogen-bond acceptors (Lipinski definition) is 5. The predicted octanol–water partition coefficient (Wildman–Crippen LogP) is 1.94. The van der Waals surface area contributed by atoms with E-state index in [4.69, 9.17) is 4.74 Å². The molecule has 0 aromatic heterocycles. The average Bonchev–Trinajstić information content (AvgIpc) is 2.85. The molecule has 1 fully saturated rings. The van der Waals surface area contributed by atoms with E-state index in [1.54, 1.807) is 12.1 Å². The summed E-state index contributed by atoms with van der Waals surface area (Å²) < 4.78 is 5.28. The summed E-state index contributed by atoms with van der Waals surface area (Å²) in [4.78, 5) is 23.2. The third-order valence-corrected chi connectivity index (χ3v) is 3.46. The van der Waals surface area contributed by atoms with Crippen LogP contribution >= 0.6 is 0 Å². The monoisotopic (exact) mass is 293 g/mol. The Labute approximate surface area is 122 Å². The molecule has 1 aromatic rings. The van der Waals surface area contributed by atoms with Crippen LogP contribution in [0.5, 0.6) is 0 Å². The maximum atomic E-state index is 12.4. The number of amides is 1. The van der Waals surface area contributed by atoms with Gasteiger partial charge in [0.25, 0.3) is 5.91 Å². The van der Waals surface area contributed by atoms with Gasteiger partial charge in [0, 0.05) is 13.2 Å². The van der Waals surface area contributed by atoms with Crippen molar-refractivity contribution in [1.29, 1.82) is 0 Å². The minimum Gasteiger partial charge on any atom is -0.380 e. The zero-order valence-corrected chi connectivity index (χ0v) is 12.1. The predicted molar refractivity (Wildman–Crippen MR) is 78.6 cm³/mol. The molecule has 7 nitrogen and oxygen atoms in total. The minimum atomic E-state index is -0.527. The Morgan fingerprint density at radius 1 is 1.52 bits per heavy atom. The highest BCUT2D eigenvalue weighted by molar-refractivity contribution is 6.00. The number of carbonyl (C=O) groups is 1. The van der Waals surface area contributed by atoms with Crippen LogP contribution in [0.2, 0.25) is 0 Å². The Hall–Kier alpha value is -2.15. The van der Waals surface area contributed by atoms with Crippen LogP contribution in [-0.2, 0) is 4.74 Å². The molecular weight excluding hydrogens is 274 g/mol. The van der Waals surface area contributed by atoms with Gasteiger partial charge in [0.05, 0.1) is 17.1 Å². The van der Waals surface area contributed by atoms with E-state index in [9.17, 15) is 14.9 Å². The molecule has 21 heavy (non-hydrogen) atoms. The maximum Gasteiger partial charge on any atom is 0.305 e. The zero-order valence-electron chi connectivity index (χ0n) is 12.1. The van der Waals surface area contributed by atoms with Crippen LogP contribution in [0, 0.1) is 10.1 Å². The molecule has 1 atom stereocenters. The first kappa shape index (κ1) is 15.2. The number of hydrogen-bond donors (Lipinski definition) is 2. The number of nitrogens with one attached hydrogen (secondary N) is 2. The highest BCUT2D eigenvalue weighted by Crippen LogP contribution is 2.29. The van der Waals surface area contributed by atoms with Gasteiger partial charge in [-0.3, -0.25) is 14.9 Å². The number of para-hydroxylation sites is 1. The number of rotatable bonds is 5. The van der Waals surface area contributed by atoms with Crippen molar-refractivity contribution in [2.45, 2.75) is 25.8 Å². The van der Waals surface area contributed by atoms with Crippen molar-refractivity contribution in [3.8, 4) is 0 Å². The average molecular weight is 293 g/mol. The van der Waals surface area contributed by atoms with E-state index >= 15 is 0 Å². The van der Waals surface area contributed by atoms with Gasteiger partial charge in [-0.1, -0.05) is 6.07 Å². The van der Waals surface area contributed by atoms with Crippen molar-refractivity contribution < 1.29 is 14.5 Å². The molecule has 1 aliphatic rings. The zero-order chi connectivity index (χ0) is 15.5. The molecular formula is C14H19N3O4. The number of benzene rings is 1. The normalized spacial score (nSPS) is 21.0. The van der Waals surface area contributed by atoms with Gasteiger partial charge in [-0.25, -0.2) is 0 Å². The van der Waals surface area contributed by atoms with Crippen LogP contribution in [0.3, 0.4) is 0 Å². The number of nitro groups is 1. The third kappa shape index (κ3) is 3.30. The number of anilines is 1. The third-order valence-electron chi connectivity index (χ3n) is 3.46. The van der Waals surface area contributed by atoms with Crippen molar-refractivity contribution in [3.05, 3.63) is 33.9 Å². The molecule has 2 rings (SSSR count). The summed E-state index contributed by atoms with van der Waals surface area (Å²) in [5, 5.41) is 17.0. The van der Waals surface area contributed by atoms with Crippen molar-refractivity contribution >= 4 is 17.3 Å². The molecule has 0 aliphatic carbocycles. The Kier molecular flexibility index (Phi) is 4.42. The molecule has 114 valence electrons. The summed E-state index contributed by atoms with van der Waals surface area (Å²) in [7, 11) is 0. The fraction of sp³-hybridized carbons (Fsp3) is 0.500. The summed E-state index contributed by atoms with van der Waals surface area (Å²) in [5.41, 5.74) is -0.256. The molecule has 1 aliphatic heterocycles. The van der Waals surface area contributed by atoms with E-state index in [2.05, 4.69) is 10.6 Å². The number of carbonyl (C=O) groups excluding carboxylic acids is 1. The van der Waals surface area contributed by atoms with Gasteiger partial charge in [0.15, 0.2) is 0 Å². The van der Waals surface area contributed by atoms with E-state index in [1.807, 2.05) is 13.8 Å². The summed E-state index contributed by atoms with van der Waals surface area (Å²) in [6.07, 6.45) is 0.694. The quantitative estimate of drug-likeness (QED) is 0.639. The van der Waals surface area contributed by atoms with Gasteiger partial charge in [0.1, 0.15) is 11.3 Å². The lowest BCUT2D eigenvalue weighted by Crippen LogP contribution is -2.46. The van der Waals surface area contributed by atoms with E-state index in [1.165, 1.54) is 6.07 Å². The molecule has 2 N–H and O–H groups in total. The summed E-state index contributed by atoms with van der Waals surface area (Å²) in [6.45, 7) is 5.25. The van der Waals surface area contributed by atoms with Crippen molar-refractivity contribution in [3.63, 3.8) is 0 Å². The molecule has 1 saturated heterocycles. The lowest BCUT2D eigenvalue weighted by atomic mass is 10.0. The number of ether oxygens (including phenoxy) is 1. The lowest BCUT2D eigenvalue weighted by Gasteiger charge is -2.23. The van der Waals surface area contributed by atoms with Gasteiger partial charge in [-0.05, 0) is 32.4 Å². The Morgan fingerprint density at radius 2 is 2.29 bits per heavy atom. The van der Waals surface area contributed by atoms with Gasteiger partial charge >= 0.3 is 5.69 Å². The molecule has 1 amide bonds. The standard InChI is InChI=1S/C14H19N3O4/c1-3-15-11-6-4-5-10(12(11)17(19)20)13(18)16-14(2)7-8-21-9-14/h4-6,15H,3,7-9H2,1-2H3,(H,16,18). The second-order valence-corrected chi connectivity index (χ2v) is 5.31. The Morgan fingerprint density at radius 3 is 2.86 bits per heavy atom. The van der Waals surface area contributed by atoms with Crippen molar-refractivity contribution in [2.75, 3.05) is 25.1 Å². The Balaban J connectivity index is 2.31. The molecule has 0 radical (unpaired) electrons. The van der Waals surface area contributed by atoms with Crippen LogP contribution in [0.15, 0.2) is 18.2 Å². The smallest absolute Gasteiger partial charge is 0.305 e. The largest absolute Gasteiger partial charge is 0.380 e. The van der Waals surface area contributed by atoms with Gasteiger partial charge < -0.3 is 15.4 Å². The molecule has 0 saturated carbocycles. The SMILES string of the molecule is CCNc1cccc(C(=O)NC2(C)CCOC2)c1[N+](=O)[O-]. The van der Waals surface area contributed by atoms with E-state index < -0.39 is 16.4 Å². The first-order valence-corrected chi connectivity index (χ1v) is 6.88. The van der Waals surface area contributed by atoms with Crippen LogP contribution in [0.25, 0.3) is 0 Å². The van der Waals surface area contributed by atoms with Gasteiger partial charge in [-0.15, -0.1) is 0 Å². The second kappa shape index (κ2) is 6.09. The molecule has 1 heterocycles. The Bertz CT molecular complexity index is 553. The minimum absolute atomic E-state index is 0.0616. The number of nitro benzene ring substituents is 1. The first-order chi connectivity index (χ1) is 9.97. The van der Waals surface area contributed by atoms with E-state index in [0.29, 0.717) is 31.9 Å². The molecule has 1 unspecified atom stereocenters. The van der Waals surface area contributed by atoms with Gasteiger partial charge in [-0.2, -0.15) is 0 Å². The fourth-order valence-electron chi connectivity index (χ4n) is 2.36. The molecule has 1 aromatic carbocycles. The van der Waals surface area contributed by atoms with Crippen molar-refractivity contribution in [1.82, 2.24) is 5.32 Å². The van der Waals surface area contributed by atoms with Crippen LogP contribution in [-0.4, -0.2) is 36.1 Å². The first-order valence-electron chi connectivity index (χ1n) is 6.88. The highest BCUT2D eigenvalue weighted by Gasteiger charge is 2.34. The molecule has 7 heteroatoms. The van der Waals surface area contributed by atoms with Crippen LogP contribution in [0.4, 0.5) is 11.4 Å². The van der Waals surface area contributed by atoms with Crippen LogP contribution in [0.1, 0.15) is 30.6 Å². The lowest BCUT2D eigenvalue weighted by molar-refractivity contribution is -0.384. The molecule has 0 spiro atoms. The van der Waals surface area contributed by atoms with Crippen LogP contribution < -0.4 is 10.6 Å².